The number of fused-ring (bicyclic) bond motifs is 1. The van der Waals surface area contributed by atoms with Gasteiger partial charge in [0.1, 0.15) is 30.2 Å². The standard InChI is InChI=1S/C31H32ClN5O6/c1-19-10-27-20(11-21(19)16-38)7-8-36(27)31(41)30(26-6-5-22(32)12-28(26)43-9-3-4-29(39)40)35-23-13-24(15-25(14-23)42-2)37-18-33-17-34-37/h5-6,10-15,17-18,30,35,38H,3-4,7-9,16H2,1-2H3,(H,39,40). The van der Waals surface area contributed by atoms with Crippen molar-refractivity contribution in [3.8, 4) is 17.2 Å². The number of nitrogens with zero attached hydrogens (tertiary/aromatic N) is 4. The van der Waals surface area contributed by atoms with E-state index >= 15 is 0 Å². The zero-order valence-electron chi connectivity index (χ0n) is 23.8. The molecule has 0 fully saturated rings. The SMILES string of the molecule is COc1cc(NC(C(=O)N2CCc3cc(CO)c(C)cc32)c2ccc(Cl)cc2OCCCC(=O)O)cc(-n2cncn2)c1. The predicted molar refractivity (Wildman–Crippen MR) is 161 cm³/mol. The molecule has 1 unspecified atom stereocenters. The van der Waals surface area contributed by atoms with Crippen LogP contribution in [0.2, 0.25) is 5.02 Å². The second-order valence-corrected chi connectivity index (χ2v) is 10.6. The number of hydrogen-bond acceptors (Lipinski definition) is 8. The first-order valence-corrected chi connectivity index (χ1v) is 14.1. The zero-order chi connectivity index (χ0) is 30.5. The largest absolute Gasteiger partial charge is 0.497 e. The summed E-state index contributed by atoms with van der Waals surface area (Å²) in [5.74, 6) is -0.230. The molecule has 11 nitrogen and oxygen atoms in total. The van der Waals surface area contributed by atoms with Gasteiger partial charge in [0.15, 0.2) is 0 Å². The molecule has 0 spiro atoms. The van der Waals surface area contributed by atoms with Crippen LogP contribution in [0.25, 0.3) is 5.69 Å². The van der Waals surface area contributed by atoms with Crippen LogP contribution in [-0.4, -0.2) is 57.1 Å². The van der Waals surface area contributed by atoms with Crippen molar-refractivity contribution in [2.24, 2.45) is 0 Å². The molecule has 5 rings (SSSR count). The number of anilines is 2. The number of amides is 1. The van der Waals surface area contributed by atoms with Crippen LogP contribution in [0, 0.1) is 6.92 Å². The number of methoxy groups -OCH3 is 1. The minimum Gasteiger partial charge on any atom is -0.497 e. The molecule has 12 heteroatoms. The van der Waals surface area contributed by atoms with Gasteiger partial charge in [0.2, 0.25) is 0 Å². The summed E-state index contributed by atoms with van der Waals surface area (Å²) in [6.07, 6.45) is 3.88. The number of aromatic nitrogens is 3. The number of aliphatic carboxylic acids is 1. The highest BCUT2D eigenvalue weighted by molar-refractivity contribution is 6.30. The fourth-order valence-electron chi connectivity index (χ4n) is 5.12. The van der Waals surface area contributed by atoms with E-state index in [0.29, 0.717) is 46.4 Å². The molecule has 0 bridgehead atoms. The van der Waals surface area contributed by atoms with Crippen molar-refractivity contribution in [1.29, 1.82) is 0 Å². The Labute approximate surface area is 253 Å². The molecular formula is C31H32ClN5O6. The van der Waals surface area contributed by atoms with Gasteiger partial charge in [-0.2, -0.15) is 5.10 Å². The number of aryl methyl sites for hydroxylation is 1. The summed E-state index contributed by atoms with van der Waals surface area (Å²) in [7, 11) is 1.55. The summed E-state index contributed by atoms with van der Waals surface area (Å²) < 4.78 is 13.1. The van der Waals surface area contributed by atoms with Gasteiger partial charge >= 0.3 is 5.97 Å². The Balaban J connectivity index is 1.56. The highest BCUT2D eigenvalue weighted by Crippen LogP contribution is 2.38. The van der Waals surface area contributed by atoms with Crippen molar-refractivity contribution in [3.63, 3.8) is 0 Å². The average Bonchev–Trinajstić information content (AvgIpc) is 3.68. The molecule has 0 saturated heterocycles. The van der Waals surface area contributed by atoms with Gasteiger partial charge in [-0.1, -0.05) is 23.7 Å². The Hall–Kier alpha value is -4.61. The molecule has 1 aliphatic rings. The van der Waals surface area contributed by atoms with Crippen molar-refractivity contribution in [1.82, 2.24) is 14.8 Å². The second kappa shape index (κ2) is 13.1. The Kier molecular flexibility index (Phi) is 9.13. The van der Waals surface area contributed by atoms with E-state index in [2.05, 4.69) is 15.4 Å². The molecule has 0 aliphatic carbocycles. The molecule has 43 heavy (non-hydrogen) atoms. The normalized spacial score (nSPS) is 13.0. The lowest BCUT2D eigenvalue weighted by Crippen LogP contribution is -2.37. The smallest absolute Gasteiger partial charge is 0.303 e. The summed E-state index contributed by atoms with van der Waals surface area (Å²) in [4.78, 5) is 31.3. The van der Waals surface area contributed by atoms with Crippen LogP contribution < -0.4 is 19.7 Å². The lowest BCUT2D eigenvalue weighted by atomic mass is 10.0. The monoisotopic (exact) mass is 605 g/mol. The van der Waals surface area contributed by atoms with E-state index in [0.717, 1.165) is 22.4 Å². The van der Waals surface area contributed by atoms with Crippen LogP contribution in [0.4, 0.5) is 11.4 Å². The number of ether oxygens (including phenoxy) is 2. The van der Waals surface area contributed by atoms with E-state index < -0.39 is 12.0 Å². The number of carboxylic acids is 1. The molecule has 2 heterocycles. The van der Waals surface area contributed by atoms with Crippen LogP contribution >= 0.6 is 11.6 Å². The third kappa shape index (κ3) is 6.73. The van der Waals surface area contributed by atoms with E-state index in [-0.39, 0.29) is 32.0 Å². The molecule has 1 aliphatic heterocycles. The fraction of sp³-hybridized carbons (Fsp3) is 0.290. The topological polar surface area (TPSA) is 139 Å². The van der Waals surface area contributed by atoms with Crippen molar-refractivity contribution in [3.05, 3.63) is 88.5 Å². The van der Waals surface area contributed by atoms with Gasteiger partial charge in [-0.3, -0.25) is 9.59 Å². The predicted octanol–water partition coefficient (Wildman–Crippen LogP) is 4.72. The van der Waals surface area contributed by atoms with Crippen LogP contribution in [0.15, 0.2) is 61.2 Å². The maximum atomic E-state index is 14.5. The number of benzene rings is 3. The highest BCUT2D eigenvalue weighted by atomic mass is 35.5. The van der Waals surface area contributed by atoms with Gasteiger partial charge in [0.05, 0.1) is 26.0 Å². The van der Waals surface area contributed by atoms with E-state index in [1.165, 1.54) is 6.33 Å². The first kappa shape index (κ1) is 29.9. The molecule has 224 valence electrons. The van der Waals surface area contributed by atoms with Gasteiger partial charge in [-0.25, -0.2) is 9.67 Å². The number of carboxylic acid groups (broad SMARTS) is 1. The van der Waals surface area contributed by atoms with Gasteiger partial charge in [-0.15, -0.1) is 0 Å². The molecule has 0 radical (unpaired) electrons. The molecule has 4 aromatic rings. The third-order valence-electron chi connectivity index (χ3n) is 7.32. The van der Waals surface area contributed by atoms with Gasteiger partial charge in [0, 0.05) is 47.1 Å². The van der Waals surface area contributed by atoms with Gasteiger partial charge < -0.3 is 29.9 Å². The van der Waals surface area contributed by atoms with Crippen molar-refractivity contribution in [2.45, 2.75) is 38.8 Å². The number of carbonyl (C=O) groups is 2. The summed E-state index contributed by atoms with van der Waals surface area (Å²) in [6, 6.07) is 13.4. The maximum absolute atomic E-state index is 14.5. The fourth-order valence-corrected chi connectivity index (χ4v) is 5.28. The molecule has 3 N–H and O–H groups in total. The lowest BCUT2D eigenvalue weighted by molar-refractivity contribution is -0.137. The summed E-state index contributed by atoms with van der Waals surface area (Å²) in [6.45, 7) is 2.43. The van der Waals surface area contributed by atoms with Crippen molar-refractivity contribution in [2.75, 3.05) is 30.5 Å². The van der Waals surface area contributed by atoms with E-state index in [1.54, 1.807) is 53.4 Å². The highest BCUT2D eigenvalue weighted by Gasteiger charge is 2.34. The number of nitrogens with one attached hydrogen (secondary N) is 1. The molecule has 1 aromatic heterocycles. The molecule has 0 saturated carbocycles. The summed E-state index contributed by atoms with van der Waals surface area (Å²) >= 11 is 6.34. The quantitative estimate of drug-likeness (QED) is 0.196. The lowest BCUT2D eigenvalue weighted by Gasteiger charge is -2.28. The number of carbonyl (C=O) groups excluding carboxylic acids is 1. The van der Waals surface area contributed by atoms with Crippen LogP contribution in [0.1, 0.15) is 41.1 Å². The second-order valence-electron chi connectivity index (χ2n) is 10.2. The molecular weight excluding hydrogens is 574 g/mol. The van der Waals surface area contributed by atoms with Crippen molar-refractivity contribution < 1.29 is 29.3 Å². The first-order chi connectivity index (χ1) is 20.8. The van der Waals surface area contributed by atoms with Gasteiger partial charge in [-0.05, 0) is 60.7 Å². The van der Waals surface area contributed by atoms with Crippen LogP contribution in [0.5, 0.6) is 11.5 Å². The van der Waals surface area contributed by atoms with Gasteiger partial charge in [0.25, 0.3) is 5.91 Å². The molecule has 1 atom stereocenters. The van der Waals surface area contributed by atoms with Crippen molar-refractivity contribution >= 4 is 34.9 Å². The van der Waals surface area contributed by atoms with E-state index in [1.807, 2.05) is 25.1 Å². The third-order valence-corrected chi connectivity index (χ3v) is 7.55. The Bertz CT molecular complexity index is 1630. The molecule has 1 amide bonds. The number of hydrogen-bond donors (Lipinski definition) is 3. The van der Waals surface area contributed by atoms with E-state index in [4.69, 9.17) is 26.2 Å². The zero-order valence-corrected chi connectivity index (χ0v) is 24.5. The van der Waals surface area contributed by atoms with E-state index in [9.17, 15) is 14.7 Å². The average molecular weight is 606 g/mol. The first-order valence-electron chi connectivity index (χ1n) is 13.8. The Morgan fingerprint density at radius 2 is 2.00 bits per heavy atom. The number of halogens is 1. The van der Waals surface area contributed by atoms with Crippen LogP contribution in [-0.2, 0) is 22.6 Å². The Morgan fingerprint density at radius 3 is 2.72 bits per heavy atom. The van der Waals surface area contributed by atoms with Crippen LogP contribution in [0.3, 0.4) is 0 Å². The summed E-state index contributed by atoms with van der Waals surface area (Å²) in [5, 5.41) is 26.8. The summed E-state index contributed by atoms with van der Waals surface area (Å²) in [5.41, 5.74) is 5.29. The number of aliphatic hydroxyl groups is 1. The number of rotatable bonds is 12. The minimum absolute atomic E-state index is 0.0505. The molecule has 3 aromatic carbocycles. The maximum Gasteiger partial charge on any atom is 0.303 e. The Morgan fingerprint density at radius 1 is 1.16 bits per heavy atom. The number of aliphatic hydroxyl groups excluding tert-OH is 1. The minimum atomic E-state index is -0.925.